The molecule has 0 aliphatic carbocycles. The van der Waals surface area contributed by atoms with Gasteiger partial charge in [-0.25, -0.2) is 0 Å². The summed E-state index contributed by atoms with van der Waals surface area (Å²) >= 11 is 0. The van der Waals surface area contributed by atoms with Gasteiger partial charge in [-0.2, -0.15) is 0 Å². The van der Waals surface area contributed by atoms with Crippen LogP contribution in [-0.2, 0) is 0 Å². The minimum atomic E-state index is -0.410. The lowest BCUT2D eigenvalue weighted by Gasteiger charge is -2.23. The molecular weight excluding hydrogens is 250 g/mol. The third-order valence-corrected chi connectivity index (χ3v) is 4.00. The number of hydrogen-bond donors (Lipinski definition) is 1. The first-order valence-corrected chi connectivity index (χ1v) is 7.76. The Balaban J connectivity index is 1.81. The Morgan fingerprint density at radius 1 is 1.10 bits per heavy atom. The van der Waals surface area contributed by atoms with E-state index in [2.05, 4.69) is 4.90 Å². The zero-order valence-electron chi connectivity index (χ0n) is 12.8. The normalized spacial score (nSPS) is 18.6. The van der Waals surface area contributed by atoms with Crippen molar-refractivity contribution in [3.05, 3.63) is 29.3 Å². The third-order valence-electron chi connectivity index (χ3n) is 4.00. The van der Waals surface area contributed by atoms with E-state index in [9.17, 15) is 5.11 Å². The van der Waals surface area contributed by atoms with E-state index < -0.39 is 6.10 Å². The minimum Gasteiger partial charge on any atom is -0.490 e. The van der Waals surface area contributed by atoms with Gasteiger partial charge < -0.3 is 14.7 Å². The Bertz CT molecular complexity index is 391. The summed E-state index contributed by atoms with van der Waals surface area (Å²) in [5.74, 6) is 0.919. The van der Waals surface area contributed by atoms with E-state index in [4.69, 9.17) is 4.74 Å². The molecule has 0 aromatic heterocycles. The highest BCUT2D eigenvalue weighted by Crippen LogP contribution is 2.22. The van der Waals surface area contributed by atoms with E-state index in [1.807, 2.05) is 32.0 Å². The molecular formula is C17H27NO2. The van der Waals surface area contributed by atoms with Crippen molar-refractivity contribution in [1.82, 2.24) is 4.90 Å². The van der Waals surface area contributed by atoms with Gasteiger partial charge in [0.1, 0.15) is 18.5 Å². The van der Waals surface area contributed by atoms with E-state index >= 15 is 0 Å². The summed E-state index contributed by atoms with van der Waals surface area (Å²) in [6, 6.07) is 6.12. The van der Waals surface area contributed by atoms with Gasteiger partial charge >= 0.3 is 0 Å². The molecule has 112 valence electrons. The first-order valence-electron chi connectivity index (χ1n) is 7.76. The zero-order chi connectivity index (χ0) is 14.4. The first-order chi connectivity index (χ1) is 9.66. The third kappa shape index (κ3) is 4.50. The summed E-state index contributed by atoms with van der Waals surface area (Å²) in [5.41, 5.74) is 2.26. The molecule has 0 radical (unpaired) electrons. The molecule has 2 rings (SSSR count). The Labute approximate surface area is 122 Å². The predicted octanol–water partition coefficient (Wildman–Crippen LogP) is 2.92. The lowest BCUT2D eigenvalue weighted by Crippen LogP contribution is -2.36. The number of benzene rings is 1. The molecule has 1 N–H and O–H groups in total. The molecule has 20 heavy (non-hydrogen) atoms. The number of nitrogens with zero attached hydrogens (tertiary/aromatic N) is 1. The summed E-state index contributed by atoms with van der Waals surface area (Å²) in [4.78, 5) is 2.37. The first kappa shape index (κ1) is 15.3. The van der Waals surface area contributed by atoms with Crippen molar-refractivity contribution < 1.29 is 9.84 Å². The molecule has 1 saturated heterocycles. The molecule has 1 aliphatic rings. The number of ether oxygens (including phenoxy) is 1. The number of aliphatic hydroxyl groups is 1. The van der Waals surface area contributed by atoms with Crippen LogP contribution < -0.4 is 4.74 Å². The second-order valence-electron chi connectivity index (χ2n) is 5.90. The van der Waals surface area contributed by atoms with Gasteiger partial charge in [-0.15, -0.1) is 0 Å². The Morgan fingerprint density at radius 2 is 1.70 bits per heavy atom. The summed E-state index contributed by atoms with van der Waals surface area (Å²) in [7, 11) is 0. The van der Waals surface area contributed by atoms with Gasteiger partial charge in [-0.3, -0.25) is 0 Å². The summed E-state index contributed by atoms with van der Waals surface area (Å²) in [5, 5.41) is 10.2. The zero-order valence-corrected chi connectivity index (χ0v) is 12.8. The smallest absolute Gasteiger partial charge is 0.125 e. The van der Waals surface area contributed by atoms with Crippen LogP contribution >= 0.6 is 0 Å². The number of hydrogen-bond acceptors (Lipinski definition) is 3. The van der Waals surface area contributed by atoms with E-state index in [-0.39, 0.29) is 0 Å². The van der Waals surface area contributed by atoms with Crippen LogP contribution in [0.5, 0.6) is 5.75 Å². The van der Waals surface area contributed by atoms with E-state index in [0.29, 0.717) is 6.61 Å². The van der Waals surface area contributed by atoms with Gasteiger partial charge in [0.05, 0.1) is 0 Å². The molecule has 1 heterocycles. The second-order valence-corrected chi connectivity index (χ2v) is 5.90. The van der Waals surface area contributed by atoms with Gasteiger partial charge in [-0.1, -0.05) is 31.0 Å². The fraction of sp³-hybridized carbons (Fsp3) is 0.647. The van der Waals surface area contributed by atoms with E-state index in [1.54, 1.807) is 0 Å². The van der Waals surface area contributed by atoms with Crippen LogP contribution in [0, 0.1) is 13.8 Å². The number of para-hydroxylation sites is 1. The Hall–Kier alpha value is -1.06. The molecule has 1 fully saturated rings. The van der Waals surface area contributed by atoms with E-state index in [1.165, 1.54) is 25.7 Å². The van der Waals surface area contributed by atoms with Crippen molar-refractivity contribution in [1.29, 1.82) is 0 Å². The average molecular weight is 277 g/mol. The Kier molecular flexibility index (Phi) is 5.86. The molecule has 0 amide bonds. The molecule has 3 heteroatoms. The highest BCUT2D eigenvalue weighted by Gasteiger charge is 2.15. The van der Waals surface area contributed by atoms with Crippen LogP contribution in [0.1, 0.15) is 36.8 Å². The van der Waals surface area contributed by atoms with Crippen molar-refractivity contribution >= 4 is 0 Å². The van der Waals surface area contributed by atoms with Crippen LogP contribution in [0.25, 0.3) is 0 Å². The van der Waals surface area contributed by atoms with Crippen molar-refractivity contribution in [3.8, 4) is 5.75 Å². The molecule has 3 nitrogen and oxygen atoms in total. The molecule has 1 unspecified atom stereocenters. The van der Waals surface area contributed by atoms with Crippen molar-refractivity contribution in [2.24, 2.45) is 0 Å². The quantitative estimate of drug-likeness (QED) is 0.898. The van der Waals surface area contributed by atoms with Crippen LogP contribution in [0.4, 0.5) is 0 Å². The standard InChI is InChI=1S/C17H27NO2/c1-14-8-7-9-15(2)17(14)20-13-16(19)12-18-10-5-3-4-6-11-18/h7-9,16,19H,3-6,10-13H2,1-2H3. The minimum absolute atomic E-state index is 0.377. The molecule has 1 atom stereocenters. The fourth-order valence-electron chi connectivity index (χ4n) is 2.88. The number of aryl methyl sites for hydroxylation is 2. The fourth-order valence-corrected chi connectivity index (χ4v) is 2.88. The van der Waals surface area contributed by atoms with Gasteiger partial charge in [0.2, 0.25) is 0 Å². The number of β-amino-alcohol motifs (C(OH)–C–C–N with tert-alkyl or cyclic N) is 1. The van der Waals surface area contributed by atoms with Gasteiger partial charge in [0.15, 0.2) is 0 Å². The van der Waals surface area contributed by atoms with Crippen LogP contribution in [0.3, 0.4) is 0 Å². The van der Waals surface area contributed by atoms with Crippen molar-refractivity contribution in [3.63, 3.8) is 0 Å². The lowest BCUT2D eigenvalue weighted by molar-refractivity contribution is 0.0689. The summed E-state index contributed by atoms with van der Waals surface area (Å²) in [6.07, 6.45) is 4.75. The van der Waals surface area contributed by atoms with Crippen molar-refractivity contribution in [2.75, 3.05) is 26.2 Å². The summed E-state index contributed by atoms with van der Waals surface area (Å²) in [6.45, 7) is 7.42. The highest BCUT2D eigenvalue weighted by molar-refractivity contribution is 5.39. The maximum absolute atomic E-state index is 10.2. The summed E-state index contributed by atoms with van der Waals surface area (Å²) < 4.78 is 5.83. The van der Waals surface area contributed by atoms with Crippen LogP contribution in [0.2, 0.25) is 0 Å². The van der Waals surface area contributed by atoms with Gasteiger partial charge in [0.25, 0.3) is 0 Å². The molecule has 0 bridgehead atoms. The van der Waals surface area contributed by atoms with Gasteiger partial charge in [-0.05, 0) is 50.9 Å². The SMILES string of the molecule is Cc1cccc(C)c1OCC(O)CN1CCCCCC1. The molecule has 1 aromatic rings. The Morgan fingerprint density at radius 3 is 2.30 bits per heavy atom. The topological polar surface area (TPSA) is 32.7 Å². The molecule has 0 spiro atoms. The second kappa shape index (κ2) is 7.65. The van der Waals surface area contributed by atoms with Crippen molar-refractivity contribution in [2.45, 2.75) is 45.6 Å². The molecule has 0 saturated carbocycles. The predicted molar refractivity (Wildman–Crippen MR) is 82.3 cm³/mol. The van der Waals surface area contributed by atoms with Gasteiger partial charge in [0, 0.05) is 6.54 Å². The largest absolute Gasteiger partial charge is 0.490 e. The maximum atomic E-state index is 10.2. The number of likely N-dealkylation sites (tertiary alicyclic amines) is 1. The number of aliphatic hydroxyl groups excluding tert-OH is 1. The lowest BCUT2D eigenvalue weighted by atomic mass is 10.1. The maximum Gasteiger partial charge on any atom is 0.125 e. The van der Waals surface area contributed by atoms with E-state index in [0.717, 1.165) is 36.5 Å². The number of rotatable bonds is 5. The average Bonchev–Trinajstić information content (AvgIpc) is 2.67. The van der Waals surface area contributed by atoms with Crippen LogP contribution in [0.15, 0.2) is 18.2 Å². The molecule has 1 aromatic carbocycles. The highest BCUT2D eigenvalue weighted by atomic mass is 16.5. The van der Waals surface area contributed by atoms with Crippen LogP contribution in [-0.4, -0.2) is 42.4 Å². The molecule has 1 aliphatic heterocycles. The monoisotopic (exact) mass is 277 g/mol.